The number of benzene rings is 4. The predicted octanol–water partition coefficient (Wildman–Crippen LogP) is 9.71. The van der Waals surface area contributed by atoms with Crippen molar-refractivity contribution in [3.05, 3.63) is 134 Å². The highest BCUT2D eigenvalue weighted by molar-refractivity contribution is 6.30. The monoisotopic (exact) mass is 786 g/mol. The van der Waals surface area contributed by atoms with Crippen LogP contribution in [0.4, 0.5) is 13.2 Å². The van der Waals surface area contributed by atoms with Crippen LogP contribution in [0.15, 0.2) is 96.0 Å². The van der Waals surface area contributed by atoms with Gasteiger partial charge in [0.15, 0.2) is 0 Å². The number of piperidine rings is 1. The molecule has 6 rings (SSSR count). The summed E-state index contributed by atoms with van der Waals surface area (Å²) in [7, 11) is 0. The normalized spacial score (nSPS) is 18.1. The van der Waals surface area contributed by atoms with E-state index < -0.39 is 29.9 Å². The fourth-order valence-electron chi connectivity index (χ4n) is 6.78. The minimum atomic E-state index is -4.61. The minimum absolute atomic E-state index is 0. The molecule has 0 bridgehead atoms. The smallest absolute Gasteiger partial charge is 0.416 e. The van der Waals surface area contributed by atoms with Crippen LogP contribution < -0.4 is 10.1 Å². The van der Waals surface area contributed by atoms with Crippen molar-refractivity contribution >= 4 is 53.3 Å². The number of amides is 2. The molecule has 7 nitrogen and oxygen atoms in total. The maximum Gasteiger partial charge on any atom is 0.416 e. The highest BCUT2D eigenvalue weighted by atomic mass is 35.5. The molecule has 0 saturated carbocycles. The number of ether oxygens (including phenoxy) is 1. The minimum Gasteiger partial charge on any atom is -0.490 e. The molecule has 1 fully saturated rings. The summed E-state index contributed by atoms with van der Waals surface area (Å²) in [4.78, 5) is 35.3. The molecule has 1 saturated heterocycles. The third-order valence-corrected chi connectivity index (χ3v) is 9.73. The molecule has 2 aliphatic heterocycles. The number of aliphatic imine (C=N–C) groups is 1. The van der Waals surface area contributed by atoms with E-state index in [4.69, 9.17) is 32.9 Å². The molecule has 2 amide bonds. The molecule has 2 atom stereocenters. The second-order valence-corrected chi connectivity index (χ2v) is 14.3. The predicted molar refractivity (Wildman–Crippen MR) is 204 cm³/mol. The van der Waals surface area contributed by atoms with Gasteiger partial charge >= 0.3 is 6.18 Å². The molecule has 1 N–H and O–H groups in total. The number of carbonyl (C=O) groups excluding carboxylic acids is 2. The summed E-state index contributed by atoms with van der Waals surface area (Å²) in [5.74, 6) is -0.260. The first-order valence-electron chi connectivity index (χ1n) is 17.2. The number of hydrogen-bond donors (Lipinski definition) is 1. The van der Waals surface area contributed by atoms with E-state index in [-0.39, 0.29) is 47.4 Å². The van der Waals surface area contributed by atoms with Crippen molar-refractivity contribution in [2.24, 2.45) is 4.99 Å². The van der Waals surface area contributed by atoms with Gasteiger partial charge in [-0.15, -0.1) is 12.4 Å². The first-order valence-corrected chi connectivity index (χ1v) is 17.9. The van der Waals surface area contributed by atoms with Crippen LogP contribution >= 0.6 is 35.6 Å². The topological polar surface area (TPSA) is 74.2 Å². The fraction of sp³-hybridized carbons (Fsp3) is 0.325. The van der Waals surface area contributed by atoms with Crippen LogP contribution in [0.5, 0.6) is 5.75 Å². The van der Waals surface area contributed by atoms with Crippen molar-refractivity contribution < 1.29 is 27.5 Å². The van der Waals surface area contributed by atoms with E-state index in [0.29, 0.717) is 22.2 Å². The second-order valence-electron chi connectivity index (χ2n) is 13.4. The molecule has 2 heterocycles. The van der Waals surface area contributed by atoms with Gasteiger partial charge in [0, 0.05) is 48.2 Å². The number of carbonyl (C=O) groups is 2. The summed E-state index contributed by atoms with van der Waals surface area (Å²) >= 11 is 12.5. The average Bonchev–Trinajstić information content (AvgIpc) is 3.49. The van der Waals surface area contributed by atoms with Gasteiger partial charge in [-0.2, -0.15) is 13.2 Å². The Balaban J connectivity index is 0.00000541. The maximum atomic E-state index is 14.8. The molecule has 0 aromatic heterocycles. The molecule has 4 aromatic rings. The van der Waals surface area contributed by atoms with Crippen LogP contribution in [0.1, 0.15) is 83.9 Å². The Hall–Kier alpha value is -4.09. The highest BCUT2D eigenvalue weighted by Gasteiger charge is 2.44. The zero-order chi connectivity index (χ0) is 37.2. The van der Waals surface area contributed by atoms with E-state index in [2.05, 4.69) is 10.2 Å². The summed E-state index contributed by atoms with van der Waals surface area (Å²) < 4.78 is 47.8. The van der Waals surface area contributed by atoms with Gasteiger partial charge in [0.05, 0.1) is 23.3 Å². The number of hydrogen-bond acceptors (Lipinski definition) is 5. The van der Waals surface area contributed by atoms with E-state index in [1.807, 2.05) is 36.4 Å². The van der Waals surface area contributed by atoms with Gasteiger partial charge in [-0.25, -0.2) is 0 Å². The Kier molecular flexibility index (Phi) is 12.8. The molecule has 53 heavy (non-hydrogen) atoms. The van der Waals surface area contributed by atoms with Gasteiger partial charge in [0.2, 0.25) is 5.91 Å². The van der Waals surface area contributed by atoms with Gasteiger partial charge in [0.25, 0.3) is 5.91 Å². The lowest BCUT2D eigenvalue weighted by Gasteiger charge is -2.32. The lowest BCUT2D eigenvalue weighted by molar-refractivity contribution is -0.137. The molecule has 2 unspecified atom stereocenters. The van der Waals surface area contributed by atoms with Crippen molar-refractivity contribution in [1.82, 2.24) is 15.1 Å². The number of rotatable bonds is 9. The Morgan fingerprint density at radius 2 is 1.47 bits per heavy atom. The SMILES string of the molecule is CC(=O)NC1CCN(Cc2ccc(C(=O)N3C(c4ccc(C(F)(F)F)cc4OC(C)C)=NC(c4ccc(Cl)cc4)C3c3ccc(Cl)cc3)cc2)CC1.Cl. The van der Waals surface area contributed by atoms with Crippen LogP contribution in [0.25, 0.3) is 0 Å². The third-order valence-electron chi connectivity index (χ3n) is 9.22. The summed E-state index contributed by atoms with van der Waals surface area (Å²) in [6.07, 6.45) is -3.35. The molecule has 0 aliphatic carbocycles. The lowest BCUT2D eigenvalue weighted by Crippen LogP contribution is -2.43. The molecular weight excluding hydrogens is 748 g/mol. The van der Waals surface area contributed by atoms with Crippen LogP contribution in [0.3, 0.4) is 0 Å². The maximum absolute atomic E-state index is 14.8. The van der Waals surface area contributed by atoms with Crippen LogP contribution in [0, 0.1) is 0 Å². The zero-order valence-corrected chi connectivity index (χ0v) is 31.7. The van der Waals surface area contributed by atoms with Crippen LogP contribution in [-0.4, -0.2) is 52.7 Å². The Morgan fingerprint density at radius 3 is 2.02 bits per heavy atom. The van der Waals surface area contributed by atoms with Crippen molar-refractivity contribution in [3.8, 4) is 5.75 Å². The van der Waals surface area contributed by atoms with Gasteiger partial charge < -0.3 is 10.1 Å². The second kappa shape index (κ2) is 16.9. The molecule has 0 spiro atoms. The number of likely N-dealkylation sites (tertiary alicyclic amines) is 1. The van der Waals surface area contributed by atoms with Crippen molar-refractivity contribution in [2.45, 2.75) is 70.6 Å². The van der Waals surface area contributed by atoms with E-state index in [1.54, 1.807) is 55.1 Å². The van der Waals surface area contributed by atoms with Crippen molar-refractivity contribution in [2.75, 3.05) is 13.1 Å². The molecule has 13 heteroatoms. The number of nitrogens with zero attached hydrogens (tertiary/aromatic N) is 3. The van der Waals surface area contributed by atoms with Gasteiger partial charge in [0.1, 0.15) is 17.6 Å². The quantitative estimate of drug-likeness (QED) is 0.183. The largest absolute Gasteiger partial charge is 0.490 e. The van der Waals surface area contributed by atoms with Crippen molar-refractivity contribution in [3.63, 3.8) is 0 Å². The Labute approximate surface area is 323 Å². The first kappa shape index (κ1) is 40.1. The van der Waals surface area contributed by atoms with Gasteiger partial charge in [-0.1, -0.05) is 59.6 Å². The number of halogens is 6. The van der Waals surface area contributed by atoms with Crippen LogP contribution in [-0.2, 0) is 17.5 Å². The molecule has 280 valence electrons. The fourth-order valence-corrected chi connectivity index (χ4v) is 7.03. The summed E-state index contributed by atoms with van der Waals surface area (Å²) in [5, 5.41) is 4.03. The van der Waals surface area contributed by atoms with E-state index >= 15 is 0 Å². The van der Waals surface area contributed by atoms with Gasteiger partial charge in [-0.05, 0) is 98.0 Å². The van der Waals surface area contributed by atoms with Crippen molar-refractivity contribution in [1.29, 1.82) is 0 Å². The molecule has 2 aliphatic rings. The van der Waals surface area contributed by atoms with Crippen LogP contribution in [0.2, 0.25) is 10.0 Å². The first-order chi connectivity index (χ1) is 24.8. The standard InChI is InChI=1S/C40H39Cl2F3N4O3.ClH/c1-24(2)52-35-22-30(40(43,44)45)12-17-34(35)38-47-36(27-8-13-31(41)14-9-27)37(28-10-15-32(42)16-11-28)49(38)39(51)29-6-4-26(5-7-29)23-48-20-18-33(19-21-48)46-25(3)50;/h4-17,22,24,33,36-37H,18-21,23H2,1-3H3,(H,46,50);1H. The average molecular weight is 788 g/mol. The number of alkyl halides is 3. The molecule has 4 aromatic carbocycles. The summed E-state index contributed by atoms with van der Waals surface area (Å²) in [5.41, 5.74) is 2.27. The Bertz CT molecular complexity index is 1930. The third kappa shape index (κ3) is 9.54. The highest BCUT2D eigenvalue weighted by Crippen LogP contribution is 2.46. The number of amidine groups is 1. The van der Waals surface area contributed by atoms with E-state index in [9.17, 15) is 22.8 Å². The van der Waals surface area contributed by atoms with E-state index in [0.717, 1.165) is 54.8 Å². The summed E-state index contributed by atoms with van der Waals surface area (Å²) in [6.45, 7) is 7.34. The summed E-state index contributed by atoms with van der Waals surface area (Å²) in [6, 6.07) is 23.7. The molecule has 0 radical (unpaired) electrons. The Morgan fingerprint density at radius 1 is 0.887 bits per heavy atom. The zero-order valence-electron chi connectivity index (χ0n) is 29.4. The van der Waals surface area contributed by atoms with Gasteiger partial charge in [-0.3, -0.25) is 24.4 Å². The van der Waals surface area contributed by atoms with E-state index in [1.165, 1.54) is 13.0 Å². The lowest BCUT2D eigenvalue weighted by atomic mass is 9.93. The molecular formula is C40H40Cl3F3N4O3. The number of nitrogens with one attached hydrogen (secondary N) is 1.